The lowest BCUT2D eigenvalue weighted by molar-refractivity contribution is 0.0799. The molecule has 2 aromatic carbocycles. The summed E-state index contributed by atoms with van der Waals surface area (Å²) in [6.07, 6.45) is 0. The van der Waals surface area contributed by atoms with Crippen molar-refractivity contribution in [3.8, 4) is 11.8 Å². The van der Waals surface area contributed by atoms with Crippen LogP contribution in [0.2, 0.25) is 0 Å². The largest absolute Gasteiger partial charge is 0.353 e. The fraction of sp³-hybridized carbons (Fsp3) is 0.304. The first-order chi connectivity index (χ1) is 14.3. The number of halogens is 1. The van der Waals surface area contributed by atoms with E-state index in [0.29, 0.717) is 13.1 Å². The molecule has 154 valence electrons. The van der Waals surface area contributed by atoms with Crippen LogP contribution in [-0.2, 0) is 6.54 Å². The van der Waals surface area contributed by atoms with Gasteiger partial charge in [0, 0.05) is 43.7 Å². The molecule has 1 aromatic heterocycles. The maximum Gasteiger partial charge on any atom is 0.255 e. The van der Waals surface area contributed by atoms with E-state index in [4.69, 9.17) is 0 Å². The molecule has 1 saturated heterocycles. The maximum atomic E-state index is 12.4. The van der Waals surface area contributed by atoms with Gasteiger partial charge >= 0.3 is 0 Å². The van der Waals surface area contributed by atoms with Crippen molar-refractivity contribution in [2.24, 2.45) is 0 Å². The third kappa shape index (κ3) is 4.01. The van der Waals surface area contributed by atoms with Crippen LogP contribution in [0.15, 0.2) is 48.5 Å². The smallest absolute Gasteiger partial charge is 0.255 e. The Balaban J connectivity index is 0.00000218. The van der Waals surface area contributed by atoms with E-state index in [1.165, 1.54) is 10.1 Å². The lowest BCUT2D eigenvalue weighted by Crippen LogP contribution is -2.46. The number of carbonyl (C=O) groups excluding carboxylic acids is 1. The van der Waals surface area contributed by atoms with E-state index in [2.05, 4.69) is 50.3 Å². The fourth-order valence-electron chi connectivity index (χ4n) is 3.98. The van der Waals surface area contributed by atoms with E-state index in [9.17, 15) is 4.79 Å². The second-order valence-electron chi connectivity index (χ2n) is 7.44. The summed E-state index contributed by atoms with van der Waals surface area (Å²) in [6.45, 7) is 5.82. The first kappa shape index (κ1) is 20.7. The van der Waals surface area contributed by atoms with E-state index in [0.717, 1.165) is 49.7 Å². The number of piperazine rings is 1. The second kappa shape index (κ2) is 9.05. The monoisotopic (exact) mass is 438 g/mol. The molecule has 1 amide bonds. The van der Waals surface area contributed by atoms with Crippen molar-refractivity contribution in [3.05, 3.63) is 59.7 Å². The van der Waals surface area contributed by atoms with Gasteiger partial charge < -0.3 is 9.80 Å². The Bertz CT molecular complexity index is 1110. The molecule has 0 saturated carbocycles. The predicted octanol–water partition coefficient (Wildman–Crippen LogP) is 3.50. The molecule has 2 aliphatic heterocycles. The zero-order valence-electron chi connectivity index (χ0n) is 16.6. The molecular weight excluding hydrogens is 416 g/mol. The Morgan fingerprint density at radius 1 is 0.933 bits per heavy atom. The molecule has 0 spiro atoms. The van der Waals surface area contributed by atoms with Gasteiger partial charge in [-0.25, -0.2) is 0 Å². The van der Waals surface area contributed by atoms with Crippen LogP contribution in [0.3, 0.4) is 0 Å². The summed E-state index contributed by atoms with van der Waals surface area (Å²) in [6, 6.07) is 16.2. The average molecular weight is 439 g/mol. The van der Waals surface area contributed by atoms with Crippen LogP contribution >= 0.6 is 23.9 Å². The molecular formula is C23H23ClN4OS. The van der Waals surface area contributed by atoms with Crippen molar-refractivity contribution in [1.29, 1.82) is 0 Å². The number of benzene rings is 2. The molecule has 0 unspecified atom stereocenters. The Hall–Kier alpha value is -2.59. The van der Waals surface area contributed by atoms with Gasteiger partial charge in [0.2, 0.25) is 0 Å². The number of nitrogens with zero attached hydrogens (tertiary/aromatic N) is 4. The van der Waals surface area contributed by atoms with Gasteiger partial charge in [-0.2, -0.15) is 4.37 Å². The third-order valence-corrected chi connectivity index (χ3v) is 6.44. The zero-order valence-corrected chi connectivity index (χ0v) is 18.2. The van der Waals surface area contributed by atoms with E-state index < -0.39 is 0 Å². The van der Waals surface area contributed by atoms with E-state index >= 15 is 0 Å². The molecule has 1 fully saturated rings. The number of hydrogen-bond acceptors (Lipinski definition) is 5. The predicted molar refractivity (Wildman–Crippen MR) is 124 cm³/mol. The van der Waals surface area contributed by atoms with Crippen molar-refractivity contribution < 1.29 is 4.79 Å². The standard InChI is InChI=1S/C23H22N4OS.ClH/c28-23-19-8-2-1-7-18(19)17-27(23)12-6-5-11-25-13-15-26(16-14-25)22-20-9-3-4-10-21(20)29-24-22;/h1-4,7-10H,11-17H2;1H. The molecule has 5 nitrogen and oxygen atoms in total. The van der Waals surface area contributed by atoms with E-state index in [-0.39, 0.29) is 18.3 Å². The number of amides is 1. The van der Waals surface area contributed by atoms with Crippen LogP contribution in [0, 0.1) is 11.8 Å². The number of fused-ring (bicyclic) bond motifs is 2. The first-order valence-electron chi connectivity index (χ1n) is 9.94. The van der Waals surface area contributed by atoms with Crippen LogP contribution in [0.25, 0.3) is 10.1 Å². The van der Waals surface area contributed by atoms with Crippen molar-refractivity contribution in [2.45, 2.75) is 6.54 Å². The van der Waals surface area contributed by atoms with Gasteiger partial charge in [0.25, 0.3) is 5.91 Å². The fourth-order valence-corrected chi connectivity index (χ4v) is 4.78. The van der Waals surface area contributed by atoms with Crippen LogP contribution in [-0.4, -0.2) is 59.3 Å². The van der Waals surface area contributed by atoms with Crippen molar-refractivity contribution in [2.75, 3.05) is 44.2 Å². The quantitative estimate of drug-likeness (QED) is 0.587. The molecule has 0 bridgehead atoms. The average Bonchev–Trinajstić information content (AvgIpc) is 3.33. The summed E-state index contributed by atoms with van der Waals surface area (Å²) < 4.78 is 5.92. The molecule has 5 rings (SSSR count). The van der Waals surface area contributed by atoms with Crippen molar-refractivity contribution in [1.82, 2.24) is 14.2 Å². The van der Waals surface area contributed by atoms with Crippen molar-refractivity contribution >= 4 is 45.8 Å². The third-order valence-electron chi connectivity index (χ3n) is 5.62. The normalized spacial score (nSPS) is 16.2. The highest BCUT2D eigenvalue weighted by atomic mass is 35.5. The highest BCUT2D eigenvalue weighted by molar-refractivity contribution is 7.13. The maximum absolute atomic E-state index is 12.4. The van der Waals surface area contributed by atoms with Gasteiger partial charge in [-0.05, 0) is 35.3 Å². The molecule has 3 heterocycles. The minimum atomic E-state index is 0. The summed E-state index contributed by atoms with van der Waals surface area (Å²) in [7, 11) is 0. The SMILES string of the molecule is Cl.O=C1c2ccccc2CN1CC#CCN1CCN(c2nsc3ccccc23)CC1. The lowest BCUT2D eigenvalue weighted by Gasteiger charge is -2.34. The minimum Gasteiger partial charge on any atom is -0.353 e. The summed E-state index contributed by atoms with van der Waals surface area (Å²) >= 11 is 1.57. The molecule has 0 radical (unpaired) electrons. The Morgan fingerprint density at radius 3 is 2.50 bits per heavy atom. The number of hydrogen-bond donors (Lipinski definition) is 0. The Labute approximate surface area is 186 Å². The van der Waals surface area contributed by atoms with Crippen molar-refractivity contribution in [3.63, 3.8) is 0 Å². The summed E-state index contributed by atoms with van der Waals surface area (Å²) in [4.78, 5) is 18.9. The van der Waals surface area contributed by atoms with Gasteiger partial charge in [-0.15, -0.1) is 12.4 Å². The van der Waals surface area contributed by atoms with Crippen LogP contribution in [0.5, 0.6) is 0 Å². The van der Waals surface area contributed by atoms with Gasteiger partial charge in [0.1, 0.15) is 5.82 Å². The highest BCUT2D eigenvalue weighted by Gasteiger charge is 2.25. The molecule has 0 aliphatic carbocycles. The topological polar surface area (TPSA) is 39.7 Å². The lowest BCUT2D eigenvalue weighted by atomic mass is 10.1. The van der Waals surface area contributed by atoms with Crippen LogP contribution in [0.1, 0.15) is 15.9 Å². The van der Waals surface area contributed by atoms with E-state index in [1.807, 2.05) is 29.2 Å². The second-order valence-corrected chi connectivity index (χ2v) is 8.24. The van der Waals surface area contributed by atoms with Gasteiger partial charge in [0.15, 0.2) is 0 Å². The van der Waals surface area contributed by atoms with Crippen LogP contribution < -0.4 is 4.90 Å². The number of anilines is 1. The molecule has 7 heteroatoms. The molecule has 30 heavy (non-hydrogen) atoms. The minimum absolute atomic E-state index is 0. The molecule has 0 atom stereocenters. The van der Waals surface area contributed by atoms with E-state index in [1.54, 1.807) is 11.5 Å². The molecule has 2 aliphatic rings. The summed E-state index contributed by atoms with van der Waals surface area (Å²) in [5.74, 6) is 7.66. The van der Waals surface area contributed by atoms with Gasteiger partial charge in [-0.1, -0.05) is 42.2 Å². The molecule has 3 aromatic rings. The Kier molecular flexibility index (Phi) is 6.24. The number of rotatable bonds is 3. The summed E-state index contributed by atoms with van der Waals surface area (Å²) in [5, 5.41) is 1.25. The van der Waals surface area contributed by atoms with Gasteiger partial charge in [-0.3, -0.25) is 9.69 Å². The van der Waals surface area contributed by atoms with Crippen LogP contribution in [0.4, 0.5) is 5.82 Å². The number of carbonyl (C=O) groups is 1. The Morgan fingerprint density at radius 2 is 1.67 bits per heavy atom. The number of aromatic nitrogens is 1. The summed E-state index contributed by atoms with van der Waals surface area (Å²) in [5.41, 5.74) is 1.92. The highest BCUT2D eigenvalue weighted by Crippen LogP contribution is 2.29. The van der Waals surface area contributed by atoms with Gasteiger partial charge in [0.05, 0.1) is 17.8 Å². The molecule has 0 N–H and O–H groups in total. The zero-order chi connectivity index (χ0) is 19.6. The first-order valence-corrected chi connectivity index (χ1v) is 10.7.